The second-order valence-corrected chi connectivity index (χ2v) is 9.08. The second kappa shape index (κ2) is 13.0. The summed E-state index contributed by atoms with van der Waals surface area (Å²) < 4.78 is 0. The molecule has 2 aromatic rings. The molecule has 2 aromatic carbocycles. The largest absolute Gasteiger partial charge is 0.481 e. The third kappa shape index (κ3) is 7.44. The van der Waals surface area contributed by atoms with E-state index in [0.29, 0.717) is 4.90 Å². The number of hydrogen-bond donors (Lipinski definition) is 7. The molecule has 1 saturated heterocycles. The summed E-state index contributed by atoms with van der Waals surface area (Å²) in [6, 6.07) is 6.03. The van der Waals surface area contributed by atoms with Gasteiger partial charge in [0.05, 0.1) is 12.1 Å². The first-order valence-electron chi connectivity index (χ1n) is 12.2. The topological polar surface area (TPSA) is 264 Å². The molecule has 16 heteroatoms. The number of carbonyl (C=O) groups is 7. The maximum atomic E-state index is 13.1. The second-order valence-electron chi connectivity index (χ2n) is 9.08. The third-order valence-electron chi connectivity index (χ3n) is 6.02. The highest BCUT2D eigenvalue weighted by atomic mass is 16.4. The van der Waals surface area contributed by atoms with Gasteiger partial charge in [0, 0.05) is 11.1 Å². The van der Waals surface area contributed by atoms with Crippen molar-refractivity contribution in [3.05, 3.63) is 65.2 Å². The minimum atomic E-state index is -1.75. The van der Waals surface area contributed by atoms with E-state index in [4.69, 9.17) is 11.5 Å². The predicted octanol–water partition coefficient (Wildman–Crippen LogP) is -0.711. The molecular weight excluding hydrogens is 554 g/mol. The molecule has 1 aliphatic heterocycles. The van der Waals surface area contributed by atoms with Gasteiger partial charge in [0.15, 0.2) is 17.8 Å². The van der Waals surface area contributed by atoms with Crippen molar-refractivity contribution in [3.63, 3.8) is 0 Å². The Morgan fingerprint density at radius 1 is 1.02 bits per heavy atom. The monoisotopic (exact) mass is 581 g/mol. The molecule has 16 nitrogen and oxygen atoms in total. The van der Waals surface area contributed by atoms with Crippen molar-refractivity contribution in [2.45, 2.75) is 31.5 Å². The zero-order valence-electron chi connectivity index (χ0n) is 22.1. The minimum absolute atomic E-state index is 0.0252. The molecule has 1 heterocycles. The number of aliphatic carboxylic acids is 2. The van der Waals surface area contributed by atoms with E-state index in [1.807, 2.05) is 0 Å². The van der Waals surface area contributed by atoms with E-state index in [1.165, 1.54) is 49.4 Å². The summed E-state index contributed by atoms with van der Waals surface area (Å²) in [5.74, 6) is -6.72. The van der Waals surface area contributed by atoms with E-state index < -0.39 is 66.8 Å². The van der Waals surface area contributed by atoms with Crippen molar-refractivity contribution in [2.75, 3.05) is 6.54 Å². The first-order chi connectivity index (χ1) is 19.8. The highest BCUT2D eigenvalue weighted by molar-refractivity contribution is 6.08. The van der Waals surface area contributed by atoms with Gasteiger partial charge >= 0.3 is 18.0 Å². The van der Waals surface area contributed by atoms with Gasteiger partial charge in [0.25, 0.3) is 5.91 Å². The van der Waals surface area contributed by atoms with Crippen molar-refractivity contribution in [2.24, 2.45) is 16.5 Å². The van der Waals surface area contributed by atoms with Gasteiger partial charge in [-0.05, 0) is 18.6 Å². The van der Waals surface area contributed by atoms with Crippen molar-refractivity contribution in [1.29, 1.82) is 0 Å². The average Bonchev–Trinajstić information content (AvgIpc) is 3.18. The maximum absolute atomic E-state index is 13.1. The molecule has 0 spiro atoms. The van der Waals surface area contributed by atoms with Crippen molar-refractivity contribution >= 4 is 53.1 Å². The van der Waals surface area contributed by atoms with Crippen LogP contribution in [0, 0.1) is 0 Å². The Labute approximate surface area is 237 Å². The van der Waals surface area contributed by atoms with E-state index in [9.17, 15) is 43.8 Å². The molecule has 1 aliphatic rings. The SMILES string of the molecule is CC(=O)c1ccc(C2NC(=O)N(CC(=O)N[C@@H](CC(=O)O)C(=O)N[C@H](C(=O)O)c3ccccc3)C2=O)c(N=C(N)N)c1. The van der Waals surface area contributed by atoms with Crippen LogP contribution in [0.3, 0.4) is 0 Å². The predicted molar refractivity (Wildman–Crippen MR) is 144 cm³/mol. The van der Waals surface area contributed by atoms with Crippen LogP contribution in [0.5, 0.6) is 0 Å². The highest BCUT2D eigenvalue weighted by Gasteiger charge is 2.41. The first-order valence-corrected chi connectivity index (χ1v) is 12.2. The van der Waals surface area contributed by atoms with Crippen LogP contribution in [0.2, 0.25) is 0 Å². The molecule has 5 amide bonds. The van der Waals surface area contributed by atoms with Crippen molar-refractivity contribution < 1.29 is 43.8 Å². The summed E-state index contributed by atoms with van der Waals surface area (Å²) in [7, 11) is 0. The van der Waals surface area contributed by atoms with Crippen LogP contribution in [0.1, 0.15) is 46.9 Å². The van der Waals surface area contributed by atoms with Crippen molar-refractivity contribution in [1.82, 2.24) is 20.9 Å². The fraction of sp³-hybridized carbons (Fsp3) is 0.231. The Hall–Kier alpha value is -5.80. The number of nitrogens with two attached hydrogens (primary N) is 2. The van der Waals surface area contributed by atoms with Gasteiger partial charge in [-0.15, -0.1) is 0 Å². The summed E-state index contributed by atoms with van der Waals surface area (Å²) in [6.07, 6.45) is -0.925. The van der Waals surface area contributed by atoms with Gasteiger partial charge in [-0.1, -0.05) is 42.5 Å². The number of Topliss-reactive ketones (excluding diaryl/α,β-unsaturated/α-hetero) is 1. The highest BCUT2D eigenvalue weighted by Crippen LogP contribution is 2.31. The molecule has 9 N–H and O–H groups in total. The lowest BCUT2D eigenvalue weighted by Gasteiger charge is -2.21. The number of amides is 5. The smallest absolute Gasteiger partial charge is 0.330 e. The van der Waals surface area contributed by atoms with Gasteiger partial charge in [-0.2, -0.15) is 0 Å². The van der Waals surface area contributed by atoms with Crippen LogP contribution in [0.4, 0.5) is 10.5 Å². The number of carbonyl (C=O) groups excluding carboxylic acids is 5. The zero-order chi connectivity index (χ0) is 31.1. The molecule has 1 fully saturated rings. The molecule has 0 saturated carbocycles. The lowest BCUT2D eigenvalue weighted by Crippen LogP contribution is -2.52. The molecule has 0 radical (unpaired) electrons. The van der Waals surface area contributed by atoms with Gasteiger partial charge in [0.1, 0.15) is 18.6 Å². The zero-order valence-corrected chi connectivity index (χ0v) is 22.1. The molecule has 0 aliphatic carbocycles. The van der Waals surface area contributed by atoms with Gasteiger partial charge in [-0.3, -0.25) is 28.9 Å². The number of benzene rings is 2. The van der Waals surface area contributed by atoms with E-state index in [-0.39, 0.29) is 34.1 Å². The number of nitrogens with one attached hydrogen (secondary N) is 3. The number of hydrogen-bond acceptors (Lipinski definition) is 8. The fourth-order valence-corrected chi connectivity index (χ4v) is 4.07. The molecule has 0 bridgehead atoms. The Morgan fingerprint density at radius 3 is 2.26 bits per heavy atom. The summed E-state index contributed by atoms with van der Waals surface area (Å²) in [6.45, 7) is 0.396. The third-order valence-corrected chi connectivity index (χ3v) is 6.02. The number of carboxylic acids is 2. The summed E-state index contributed by atoms with van der Waals surface area (Å²) in [5, 5.41) is 25.5. The van der Waals surface area contributed by atoms with Crippen LogP contribution in [0.15, 0.2) is 53.5 Å². The number of urea groups is 1. The Morgan fingerprint density at radius 2 is 1.69 bits per heavy atom. The number of carboxylic acid groups (broad SMARTS) is 2. The number of guanidine groups is 1. The van der Waals surface area contributed by atoms with Gasteiger partial charge < -0.3 is 37.6 Å². The summed E-state index contributed by atoms with van der Waals surface area (Å²) in [4.78, 5) is 90.7. The number of aliphatic imine (C=N–C) groups is 1. The Kier molecular flexibility index (Phi) is 9.54. The number of nitrogens with zero attached hydrogens (tertiary/aromatic N) is 2. The Bertz CT molecular complexity index is 1470. The number of imide groups is 1. The van der Waals surface area contributed by atoms with Crippen LogP contribution in [-0.4, -0.2) is 75.1 Å². The van der Waals surface area contributed by atoms with Crippen LogP contribution in [-0.2, 0) is 24.0 Å². The number of rotatable bonds is 12. The molecular formula is C26H27N7O9. The first kappa shape index (κ1) is 30.7. The average molecular weight is 582 g/mol. The van der Waals surface area contributed by atoms with Gasteiger partial charge in [0.2, 0.25) is 11.8 Å². The Balaban J connectivity index is 1.77. The quantitative estimate of drug-likeness (QED) is 0.0712. The lowest BCUT2D eigenvalue weighted by atomic mass is 10.0. The van der Waals surface area contributed by atoms with E-state index in [2.05, 4.69) is 20.9 Å². The molecule has 3 rings (SSSR count). The normalized spacial score (nSPS) is 15.6. The van der Waals surface area contributed by atoms with E-state index in [1.54, 1.807) is 6.07 Å². The molecule has 0 aromatic heterocycles. The summed E-state index contributed by atoms with van der Waals surface area (Å²) in [5.41, 5.74) is 11.5. The number of ketones is 1. The van der Waals surface area contributed by atoms with E-state index >= 15 is 0 Å². The minimum Gasteiger partial charge on any atom is -0.481 e. The summed E-state index contributed by atoms with van der Waals surface area (Å²) >= 11 is 0. The standard InChI is InChI=1S/C26H27N7O9/c1-12(34)14-7-8-15(16(9-14)30-25(27)28)21-23(39)33(26(42)32-21)11-18(35)29-17(10-19(36)37)22(38)31-20(24(40)41)13-5-3-2-4-6-13/h2-9,17,20-21H,10-11H2,1H3,(H,29,35)(H,31,38)(H,32,42)(H,36,37)(H,40,41)(H4,27,28,30)/t17-,20-,21?/m0/s1. The fourth-order valence-electron chi connectivity index (χ4n) is 4.07. The molecule has 220 valence electrons. The van der Waals surface area contributed by atoms with Crippen molar-refractivity contribution in [3.8, 4) is 0 Å². The maximum Gasteiger partial charge on any atom is 0.330 e. The molecule has 3 atom stereocenters. The molecule has 1 unspecified atom stereocenters. The van der Waals surface area contributed by atoms with Crippen LogP contribution in [0.25, 0.3) is 0 Å². The van der Waals surface area contributed by atoms with Crippen LogP contribution >= 0.6 is 0 Å². The van der Waals surface area contributed by atoms with E-state index in [0.717, 1.165) is 0 Å². The van der Waals surface area contributed by atoms with Gasteiger partial charge in [-0.25, -0.2) is 14.6 Å². The lowest BCUT2D eigenvalue weighted by molar-refractivity contribution is -0.143. The van der Waals surface area contributed by atoms with Crippen LogP contribution < -0.4 is 27.4 Å². The molecule has 42 heavy (non-hydrogen) atoms.